The predicted molar refractivity (Wildman–Crippen MR) is 348 cm³/mol. The van der Waals surface area contributed by atoms with Gasteiger partial charge in [0.1, 0.15) is 13.2 Å². The maximum absolute atomic E-state index is 12.9. The number of carbonyl (C=O) groups is 3. The Morgan fingerprint density at radius 1 is 0.250 bits per heavy atom. The molecule has 0 spiro atoms. The Morgan fingerprint density at radius 2 is 0.463 bits per heavy atom. The molecule has 464 valence electrons. The molecular weight excluding hydrogens is 985 g/mol. The molecule has 0 rings (SSSR count). The molecule has 0 aliphatic heterocycles. The Balaban J connectivity index is 4.29. The second-order valence-electron chi connectivity index (χ2n) is 23.4. The van der Waals surface area contributed by atoms with Crippen molar-refractivity contribution in [2.75, 3.05) is 13.2 Å². The summed E-state index contributed by atoms with van der Waals surface area (Å²) in [6.07, 6.45) is 89.2. The zero-order valence-corrected chi connectivity index (χ0v) is 53.3. The van der Waals surface area contributed by atoms with Crippen LogP contribution in [0.1, 0.15) is 361 Å². The fourth-order valence-electron chi connectivity index (χ4n) is 10.1. The number of allylic oxidation sites excluding steroid dienone is 12. The minimum absolute atomic E-state index is 0.0796. The van der Waals surface area contributed by atoms with E-state index in [0.29, 0.717) is 19.3 Å². The van der Waals surface area contributed by atoms with Gasteiger partial charge in [-0.3, -0.25) is 14.4 Å². The van der Waals surface area contributed by atoms with Gasteiger partial charge in [0.05, 0.1) is 0 Å². The zero-order chi connectivity index (χ0) is 57.8. The number of hydrogen-bond donors (Lipinski definition) is 0. The molecule has 6 nitrogen and oxygen atoms in total. The van der Waals surface area contributed by atoms with Gasteiger partial charge in [0.2, 0.25) is 0 Å². The first-order chi connectivity index (χ1) is 39.5. The maximum Gasteiger partial charge on any atom is 0.306 e. The Labute approximate surface area is 497 Å². The number of ether oxygens (including phenoxy) is 3. The molecule has 0 saturated heterocycles. The van der Waals surface area contributed by atoms with Crippen LogP contribution >= 0.6 is 0 Å². The molecule has 1 unspecified atom stereocenters. The Kier molecular flexibility index (Phi) is 65.7. The smallest absolute Gasteiger partial charge is 0.306 e. The molecule has 0 aromatic carbocycles. The normalized spacial score (nSPS) is 12.5. The van der Waals surface area contributed by atoms with E-state index in [1.54, 1.807) is 0 Å². The van der Waals surface area contributed by atoms with Gasteiger partial charge >= 0.3 is 17.9 Å². The third kappa shape index (κ3) is 65.7. The van der Waals surface area contributed by atoms with Crippen molar-refractivity contribution in [3.63, 3.8) is 0 Å². The highest BCUT2D eigenvalue weighted by atomic mass is 16.6. The molecule has 0 aliphatic rings. The van der Waals surface area contributed by atoms with Crippen LogP contribution in [0, 0.1) is 0 Å². The minimum atomic E-state index is -0.784. The lowest BCUT2D eigenvalue weighted by Gasteiger charge is -2.18. The fraction of sp³-hybridized carbons (Fsp3) is 0.797. The Hall–Kier alpha value is -3.15. The summed E-state index contributed by atoms with van der Waals surface area (Å²) in [4.78, 5) is 38.4. The summed E-state index contributed by atoms with van der Waals surface area (Å²) < 4.78 is 17.0. The minimum Gasteiger partial charge on any atom is -0.462 e. The van der Waals surface area contributed by atoms with E-state index < -0.39 is 6.10 Å². The molecule has 0 aliphatic carbocycles. The number of carbonyl (C=O) groups excluding carboxylic acids is 3. The topological polar surface area (TPSA) is 78.9 Å². The molecule has 1 atom stereocenters. The van der Waals surface area contributed by atoms with Gasteiger partial charge in [-0.15, -0.1) is 0 Å². The van der Waals surface area contributed by atoms with E-state index in [0.717, 1.165) is 89.9 Å². The van der Waals surface area contributed by atoms with Gasteiger partial charge in [-0.2, -0.15) is 0 Å². The van der Waals surface area contributed by atoms with Crippen molar-refractivity contribution in [1.82, 2.24) is 0 Å². The van der Waals surface area contributed by atoms with Crippen LogP contribution in [-0.4, -0.2) is 37.2 Å². The molecule has 0 saturated carbocycles. The molecule has 0 bridgehead atoms. The largest absolute Gasteiger partial charge is 0.462 e. The van der Waals surface area contributed by atoms with E-state index in [2.05, 4.69) is 93.7 Å². The number of esters is 3. The molecule has 0 aromatic heterocycles. The molecule has 6 heteroatoms. The van der Waals surface area contributed by atoms with E-state index >= 15 is 0 Å². The van der Waals surface area contributed by atoms with Crippen LogP contribution in [-0.2, 0) is 28.6 Å². The van der Waals surface area contributed by atoms with Crippen molar-refractivity contribution in [2.24, 2.45) is 0 Å². The van der Waals surface area contributed by atoms with Crippen LogP contribution in [0.4, 0.5) is 0 Å². The van der Waals surface area contributed by atoms with Gasteiger partial charge in [-0.05, 0) is 109 Å². The van der Waals surface area contributed by atoms with Gasteiger partial charge in [0.25, 0.3) is 0 Å². The Bertz CT molecular complexity index is 1470. The van der Waals surface area contributed by atoms with Gasteiger partial charge < -0.3 is 14.2 Å². The Morgan fingerprint density at radius 3 is 0.750 bits per heavy atom. The summed E-state index contributed by atoms with van der Waals surface area (Å²) in [7, 11) is 0. The van der Waals surface area contributed by atoms with Crippen LogP contribution in [0.2, 0.25) is 0 Å². The quantitative estimate of drug-likeness (QED) is 0.0261. The lowest BCUT2D eigenvalue weighted by molar-refractivity contribution is -0.167. The standard InChI is InChI=1S/C74H132O6/c1-4-7-10-13-16-19-22-25-28-30-32-34-35-36-37-38-39-41-42-44-46-49-52-55-58-61-64-67-73(76)79-70-71(69-78-72(75)66-63-60-57-54-51-48-27-24-21-18-15-12-9-6-3)80-74(77)68-65-62-59-56-53-50-47-45-43-40-33-31-29-26-23-20-17-14-11-8-5-2/h15,18,22,24-25,27,30-33,35-36,71H,4-14,16-17,19-21,23,26,28-29,34,37-70H2,1-3H3/b18-15-,25-22-,27-24-,32-30-,33-31-,36-35-. The average molecular weight is 1120 g/mol. The van der Waals surface area contributed by atoms with Gasteiger partial charge in [0, 0.05) is 19.3 Å². The molecule has 0 amide bonds. The SMILES string of the molecule is CCCC/C=C\C/C=C\CCCCCCCC(=O)OCC(COC(=O)CCCCCCCCCCCCCC/C=C\C/C=C\C/C=C\CCCCCCC)OC(=O)CCCCCCCCCCC/C=C\CCCCCCCCCC. The first-order valence-electron chi connectivity index (χ1n) is 34.9. The third-order valence-corrected chi connectivity index (χ3v) is 15.4. The van der Waals surface area contributed by atoms with Gasteiger partial charge in [-0.25, -0.2) is 0 Å². The maximum atomic E-state index is 12.9. The lowest BCUT2D eigenvalue weighted by Crippen LogP contribution is -2.30. The van der Waals surface area contributed by atoms with E-state index in [9.17, 15) is 14.4 Å². The van der Waals surface area contributed by atoms with E-state index in [1.807, 2.05) is 0 Å². The lowest BCUT2D eigenvalue weighted by atomic mass is 10.0. The first-order valence-corrected chi connectivity index (χ1v) is 34.9. The average Bonchev–Trinajstić information content (AvgIpc) is 3.46. The van der Waals surface area contributed by atoms with E-state index in [-0.39, 0.29) is 31.1 Å². The molecular formula is C74H132O6. The van der Waals surface area contributed by atoms with Crippen molar-refractivity contribution in [1.29, 1.82) is 0 Å². The van der Waals surface area contributed by atoms with Gasteiger partial charge in [0.15, 0.2) is 6.10 Å². The highest BCUT2D eigenvalue weighted by Gasteiger charge is 2.19. The van der Waals surface area contributed by atoms with Crippen molar-refractivity contribution in [3.05, 3.63) is 72.9 Å². The van der Waals surface area contributed by atoms with Crippen LogP contribution in [0.15, 0.2) is 72.9 Å². The van der Waals surface area contributed by atoms with E-state index in [1.165, 1.54) is 231 Å². The predicted octanol–water partition coefficient (Wildman–Crippen LogP) is 24.1. The first kappa shape index (κ1) is 76.9. The summed E-state index contributed by atoms with van der Waals surface area (Å²) in [6, 6.07) is 0. The van der Waals surface area contributed by atoms with Crippen LogP contribution in [0.3, 0.4) is 0 Å². The molecule has 0 aromatic rings. The van der Waals surface area contributed by atoms with Crippen molar-refractivity contribution in [3.8, 4) is 0 Å². The molecule has 0 N–H and O–H groups in total. The van der Waals surface area contributed by atoms with Crippen LogP contribution in [0.25, 0.3) is 0 Å². The van der Waals surface area contributed by atoms with Crippen LogP contribution < -0.4 is 0 Å². The highest BCUT2D eigenvalue weighted by molar-refractivity contribution is 5.71. The summed E-state index contributed by atoms with van der Waals surface area (Å²) in [6.45, 7) is 6.62. The van der Waals surface area contributed by atoms with Crippen molar-refractivity contribution >= 4 is 17.9 Å². The number of rotatable bonds is 64. The zero-order valence-electron chi connectivity index (χ0n) is 53.3. The molecule has 80 heavy (non-hydrogen) atoms. The van der Waals surface area contributed by atoms with Crippen molar-refractivity contribution in [2.45, 2.75) is 367 Å². The number of unbranched alkanes of at least 4 members (excludes halogenated alkanes) is 41. The second-order valence-corrected chi connectivity index (χ2v) is 23.4. The van der Waals surface area contributed by atoms with Gasteiger partial charge in [-0.1, -0.05) is 306 Å². The van der Waals surface area contributed by atoms with Crippen LogP contribution in [0.5, 0.6) is 0 Å². The molecule has 0 heterocycles. The summed E-state index contributed by atoms with van der Waals surface area (Å²) >= 11 is 0. The monoisotopic (exact) mass is 1120 g/mol. The fourth-order valence-corrected chi connectivity index (χ4v) is 10.1. The van der Waals surface area contributed by atoms with E-state index in [4.69, 9.17) is 14.2 Å². The summed E-state index contributed by atoms with van der Waals surface area (Å²) in [5, 5.41) is 0. The van der Waals surface area contributed by atoms with Crippen molar-refractivity contribution < 1.29 is 28.6 Å². The second kappa shape index (κ2) is 68.3. The number of hydrogen-bond acceptors (Lipinski definition) is 6. The third-order valence-electron chi connectivity index (χ3n) is 15.4. The summed E-state index contributed by atoms with van der Waals surface area (Å²) in [5.41, 5.74) is 0. The molecule has 0 fully saturated rings. The summed E-state index contributed by atoms with van der Waals surface area (Å²) in [5.74, 6) is -0.879. The molecule has 0 radical (unpaired) electrons. The highest BCUT2D eigenvalue weighted by Crippen LogP contribution is 2.17.